The third kappa shape index (κ3) is 2.67. The number of aromatic nitrogens is 1. The number of rotatable bonds is 3. The number of nitrogens with two attached hydrogens (primary N) is 1. The second-order valence-corrected chi connectivity index (χ2v) is 4.44. The van der Waals surface area contributed by atoms with Crippen LogP contribution in [0.5, 0.6) is 11.5 Å². The summed E-state index contributed by atoms with van der Waals surface area (Å²) >= 11 is 2.03. The van der Waals surface area contributed by atoms with Gasteiger partial charge in [0, 0.05) is 24.4 Å². The summed E-state index contributed by atoms with van der Waals surface area (Å²) in [5, 5.41) is 10.5. The van der Waals surface area contributed by atoms with Gasteiger partial charge in [-0.1, -0.05) is 0 Å². The van der Waals surface area contributed by atoms with E-state index in [2.05, 4.69) is 4.98 Å². The van der Waals surface area contributed by atoms with Crippen LogP contribution < -0.4 is 10.5 Å². The lowest BCUT2D eigenvalue weighted by atomic mass is 10.3. The maximum absolute atomic E-state index is 10.5. The van der Waals surface area contributed by atoms with Gasteiger partial charge in [-0.3, -0.25) is 10.1 Å². The standard InChI is InChI=1S/C11H8IN3O3/c12-10-9(5-6-14-11(10)13)18-8-3-1-7(2-4-8)15(16)17/h1-6H,(H2,13,14). The molecule has 18 heavy (non-hydrogen) atoms. The molecule has 0 bridgehead atoms. The first-order valence-corrected chi connectivity index (χ1v) is 5.98. The topological polar surface area (TPSA) is 91.3 Å². The van der Waals surface area contributed by atoms with Crippen LogP contribution in [0.15, 0.2) is 36.5 Å². The zero-order valence-corrected chi connectivity index (χ0v) is 11.2. The predicted octanol–water partition coefficient (Wildman–Crippen LogP) is 2.97. The summed E-state index contributed by atoms with van der Waals surface area (Å²) in [6.07, 6.45) is 1.54. The number of hydrogen-bond acceptors (Lipinski definition) is 5. The van der Waals surface area contributed by atoms with Crippen molar-refractivity contribution < 1.29 is 9.66 Å². The van der Waals surface area contributed by atoms with Crippen molar-refractivity contribution in [1.29, 1.82) is 0 Å². The van der Waals surface area contributed by atoms with Crippen molar-refractivity contribution in [3.8, 4) is 11.5 Å². The summed E-state index contributed by atoms with van der Waals surface area (Å²) in [5.41, 5.74) is 5.67. The minimum Gasteiger partial charge on any atom is -0.456 e. The average Bonchev–Trinajstić information content (AvgIpc) is 2.36. The molecule has 1 heterocycles. The molecule has 6 nitrogen and oxygen atoms in total. The van der Waals surface area contributed by atoms with Crippen LogP contribution in [0.25, 0.3) is 0 Å². The molecule has 0 aliphatic rings. The maximum atomic E-state index is 10.5. The normalized spacial score (nSPS) is 10.1. The molecule has 2 rings (SSSR count). The number of anilines is 1. The van der Waals surface area contributed by atoms with Crippen LogP contribution in [-0.4, -0.2) is 9.91 Å². The van der Waals surface area contributed by atoms with Crippen molar-refractivity contribution in [3.63, 3.8) is 0 Å². The molecule has 0 saturated heterocycles. The van der Waals surface area contributed by atoms with Crippen molar-refractivity contribution in [2.45, 2.75) is 0 Å². The number of nitrogen functional groups attached to an aromatic ring is 1. The summed E-state index contributed by atoms with van der Waals surface area (Å²) in [6.45, 7) is 0. The van der Waals surface area contributed by atoms with Crippen molar-refractivity contribution >= 4 is 34.1 Å². The monoisotopic (exact) mass is 357 g/mol. The Bertz CT molecular complexity index is 587. The predicted molar refractivity (Wildman–Crippen MR) is 74.5 cm³/mol. The highest BCUT2D eigenvalue weighted by atomic mass is 127. The van der Waals surface area contributed by atoms with Gasteiger partial charge in [0.2, 0.25) is 0 Å². The first-order valence-electron chi connectivity index (χ1n) is 4.90. The van der Waals surface area contributed by atoms with Gasteiger partial charge in [0.05, 0.1) is 8.49 Å². The third-order valence-corrected chi connectivity index (χ3v) is 3.24. The molecule has 0 amide bonds. The van der Waals surface area contributed by atoms with E-state index < -0.39 is 4.92 Å². The number of pyridine rings is 1. The second kappa shape index (κ2) is 5.17. The highest BCUT2D eigenvalue weighted by molar-refractivity contribution is 14.1. The summed E-state index contributed by atoms with van der Waals surface area (Å²) in [5.74, 6) is 1.45. The van der Waals surface area contributed by atoms with E-state index in [1.54, 1.807) is 6.07 Å². The molecule has 0 aliphatic carbocycles. The zero-order chi connectivity index (χ0) is 13.1. The number of ether oxygens (including phenoxy) is 1. The highest BCUT2D eigenvalue weighted by Crippen LogP contribution is 2.29. The number of non-ortho nitro benzene ring substituents is 1. The summed E-state index contributed by atoms with van der Waals surface area (Å²) < 4.78 is 6.28. The van der Waals surface area contributed by atoms with Crippen LogP contribution in [0.1, 0.15) is 0 Å². The van der Waals surface area contributed by atoms with Crippen LogP contribution in [0.3, 0.4) is 0 Å². The highest BCUT2D eigenvalue weighted by Gasteiger charge is 2.08. The van der Waals surface area contributed by atoms with Crippen LogP contribution in [-0.2, 0) is 0 Å². The van der Waals surface area contributed by atoms with Crippen molar-refractivity contribution in [3.05, 3.63) is 50.2 Å². The molecular weight excluding hydrogens is 349 g/mol. The quantitative estimate of drug-likeness (QED) is 0.518. The molecular formula is C11H8IN3O3. The Morgan fingerprint density at radius 1 is 1.28 bits per heavy atom. The fraction of sp³-hybridized carbons (Fsp3) is 0. The van der Waals surface area contributed by atoms with Gasteiger partial charge >= 0.3 is 0 Å². The molecule has 0 atom stereocenters. The van der Waals surface area contributed by atoms with E-state index in [4.69, 9.17) is 10.5 Å². The molecule has 92 valence electrons. The second-order valence-electron chi connectivity index (χ2n) is 3.36. The van der Waals surface area contributed by atoms with Crippen molar-refractivity contribution in [2.75, 3.05) is 5.73 Å². The summed E-state index contributed by atoms with van der Waals surface area (Å²) in [7, 11) is 0. The lowest BCUT2D eigenvalue weighted by Gasteiger charge is -2.08. The van der Waals surface area contributed by atoms with Crippen LogP contribution >= 0.6 is 22.6 Å². The van der Waals surface area contributed by atoms with E-state index in [-0.39, 0.29) is 5.69 Å². The first kappa shape index (κ1) is 12.6. The average molecular weight is 357 g/mol. The lowest BCUT2D eigenvalue weighted by molar-refractivity contribution is -0.384. The van der Waals surface area contributed by atoms with E-state index >= 15 is 0 Å². The number of nitro benzene ring substituents is 1. The lowest BCUT2D eigenvalue weighted by Crippen LogP contribution is -1.96. The van der Waals surface area contributed by atoms with E-state index in [1.165, 1.54) is 30.5 Å². The molecule has 2 aromatic rings. The van der Waals surface area contributed by atoms with Gasteiger partial charge in [0.25, 0.3) is 5.69 Å². The SMILES string of the molecule is Nc1nccc(Oc2ccc([N+](=O)[O-])cc2)c1I. The Morgan fingerprint density at radius 3 is 2.56 bits per heavy atom. The fourth-order valence-electron chi connectivity index (χ4n) is 1.28. The van der Waals surface area contributed by atoms with Gasteiger partial charge in [-0.15, -0.1) is 0 Å². The third-order valence-electron chi connectivity index (χ3n) is 2.16. The van der Waals surface area contributed by atoms with Crippen molar-refractivity contribution in [2.24, 2.45) is 0 Å². The number of benzene rings is 1. The minimum absolute atomic E-state index is 0.0197. The molecule has 0 aliphatic heterocycles. The van der Waals surface area contributed by atoms with Gasteiger partial charge in [0.15, 0.2) is 0 Å². The molecule has 7 heteroatoms. The van der Waals surface area contributed by atoms with E-state index in [0.29, 0.717) is 20.9 Å². The molecule has 2 N–H and O–H groups in total. The fourth-order valence-corrected chi connectivity index (χ4v) is 1.71. The van der Waals surface area contributed by atoms with Crippen LogP contribution in [0.2, 0.25) is 0 Å². The molecule has 0 fully saturated rings. The molecule has 0 radical (unpaired) electrons. The van der Waals surface area contributed by atoms with Crippen LogP contribution in [0.4, 0.5) is 11.5 Å². The van der Waals surface area contributed by atoms with E-state index in [9.17, 15) is 10.1 Å². The van der Waals surface area contributed by atoms with E-state index in [1.807, 2.05) is 22.6 Å². The Labute approximate surface area is 116 Å². The number of nitrogens with zero attached hydrogens (tertiary/aromatic N) is 2. The minimum atomic E-state index is -0.460. The largest absolute Gasteiger partial charge is 0.456 e. The number of halogens is 1. The van der Waals surface area contributed by atoms with Crippen LogP contribution in [0, 0.1) is 13.7 Å². The van der Waals surface area contributed by atoms with Gasteiger partial charge in [-0.2, -0.15) is 0 Å². The summed E-state index contributed by atoms with van der Waals surface area (Å²) in [4.78, 5) is 14.0. The van der Waals surface area contributed by atoms with Gasteiger partial charge in [-0.05, 0) is 34.7 Å². The van der Waals surface area contributed by atoms with Gasteiger partial charge < -0.3 is 10.5 Å². The molecule has 0 spiro atoms. The Kier molecular flexibility index (Phi) is 3.60. The molecule has 0 unspecified atom stereocenters. The summed E-state index contributed by atoms with van der Waals surface area (Å²) in [6, 6.07) is 7.51. The number of nitro groups is 1. The maximum Gasteiger partial charge on any atom is 0.269 e. The number of hydrogen-bond donors (Lipinski definition) is 1. The molecule has 0 saturated carbocycles. The smallest absolute Gasteiger partial charge is 0.269 e. The zero-order valence-electron chi connectivity index (χ0n) is 9.04. The molecule has 1 aromatic heterocycles. The van der Waals surface area contributed by atoms with Crippen molar-refractivity contribution in [1.82, 2.24) is 4.98 Å². The van der Waals surface area contributed by atoms with Gasteiger partial charge in [0.1, 0.15) is 17.3 Å². The Balaban J connectivity index is 2.24. The van der Waals surface area contributed by atoms with E-state index in [0.717, 1.165) is 0 Å². The first-order chi connectivity index (χ1) is 8.58. The Morgan fingerprint density at radius 2 is 1.94 bits per heavy atom. The van der Waals surface area contributed by atoms with Gasteiger partial charge in [-0.25, -0.2) is 4.98 Å². The Hall–Kier alpha value is -1.90. The molecule has 1 aromatic carbocycles.